The molecule has 0 aliphatic rings. The maximum absolute atomic E-state index is 11.1. The fraction of sp³-hybridized carbons (Fsp3) is 0.129. The minimum absolute atomic E-state index is 0. The van der Waals surface area contributed by atoms with E-state index in [0.29, 0.717) is 53.5 Å². The number of benzene rings is 8. The van der Waals surface area contributed by atoms with Gasteiger partial charge in [-0.05, 0) is 81.6 Å². The predicted octanol–water partition coefficient (Wildman–Crippen LogP) is 18.5. The Bertz CT molecular complexity index is 3180. The zero-order valence-corrected chi connectivity index (χ0v) is 48.9. The van der Waals surface area contributed by atoms with Gasteiger partial charge in [-0.3, -0.25) is 0 Å². The summed E-state index contributed by atoms with van der Waals surface area (Å²) in [5.41, 5.74) is 9.01. The molecule has 0 amide bonds. The van der Waals surface area contributed by atoms with E-state index < -0.39 is 0 Å². The van der Waals surface area contributed by atoms with Crippen LogP contribution in [0.2, 0.25) is 20.1 Å². The summed E-state index contributed by atoms with van der Waals surface area (Å²) in [4.78, 5) is 8.97. The normalized spacial score (nSPS) is 10.9. The second-order valence-corrected chi connectivity index (χ2v) is 20.7. The Balaban J connectivity index is 0.000000191. The maximum atomic E-state index is 11.1. The molecule has 0 saturated carbocycles. The van der Waals surface area contributed by atoms with Crippen LogP contribution in [0.5, 0.6) is 11.5 Å². The van der Waals surface area contributed by atoms with Crippen LogP contribution in [0.3, 0.4) is 0 Å². The molecular formula is C62H54Cl4HfN4O4-2. The molecule has 8 nitrogen and oxygen atoms in total. The Morgan fingerprint density at radius 3 is 0.947 bits per heavy atom. The van der Waals surface area contributed by atoms with Crippen LogP contribution >= 0.6 is 46.4 Å². The monoisotopic (exact) mass is 1240 g/mol. The molecule has 10 aromatic rings. The van der Waals surface area contributed by atoms with Gasteiger partial charge in [-0.2, -0.15) is 59.2 Å². The summed E-state index contributed by atoms with van der Waals surface area (Å²) in [6, 6.07) is 57.3. The number of hydrogen-bond donors (Lipinski definition) is 2. The van der Waals surface area contributed by atoms with E-state index in [1.165, 1.54) is 0 Å². The van der Waals surface area contributed by atoms with Crippen LogP contribution in [0.15, 0.2) is 191 Å². The van der Waals surface area contributed by atoms with Crippen molar-refractivity contribution in [2.75, 3.05) is 0 Å². The summed E-state index contributed by atoms with van der Waals surface area (Å²) in [6.45, 7) is 20.1. The van der Waals surface area contributed by atoms with Crippen molar-refractivity contribution in [1.82, 2.24) is 20.3 Å². The molecule has 2 aromatic heterocycles. The molecule has 0 atom stereocenters. The van der Waals surface area contributed by atoms with Gasteiger partial charge in [-0.15, -0.1) is 24.3 Å². The Morgan fingerprint density at radius 1 is 0.400 bits per heavy atom. The molecule has 0 aliphatic carbocycles. The van der Waals surface area contributed by atoms with Gasteiger partial charge >= 0.3 is 0 Å². The average Bonchev–Trinajstić information content (AvgIpc) is 4.06. The summed E-state index contributed by atoms with van der Waals surface area (Å²) in [5, 5.41) is 32.0. The quantitative estimate of drug-likeness (QED) is 0.125. The van der Waals surface area contributed by atoms with Crippen LogP contribution in [0.25, 0.3) is 67.9 Å². The van der Waals surface area contributed by atoms with E-state index in [0.717, 1.165) is 33.4 Å². The summed E-state index contributed by atoms with van der Waals surface area (Å²) >= 11 is 25.1. The summed E-state index contributed by atoms with van der Waals surface area (Å²) in [6.07, 6.45) is 0. The van der Waals surface area contributed by atoms with E-state index in [2.05, 4.69) is 75.7 Å². The van der Waals surface area contributed by atoms with Crippen molar-refractivity contribution in [3.8, 4) is 79.4 Å². The molecule has 380 valence electrons. The summed E-state index contributed by atoms with van der Waals surface area (Å²) < 4.78 is 11.0. The molecule has 10 rings (SSSR count). The summed E-state index contributed by atoms with van der Waals surface area (Å²) in [5.74, 6) is 1.08. The van der Waals surface area contributed by atoms with Crippen LogP contribution in [0, 0.1) is 13.8 Å². The number of phenolic OH excluding ortho intramolecular Hbond substituents is 2. The number of rotatable bonds is 6. The largest absolute Gasteiger partial charge is 0.506 e. The van der Waals surface area contributed by atoms with Crippen LogP contribution < -0.4 is 0 Å². The summed E-state index contributed by atoms with van der Waals surface area (Å²) in [7, 11) is 0. The fourth-order valence-electron chi connectivity index (χ4n) is 7.38. The smallest absolute Gasteiger partial charge is 0.262 e. The molecule has 0 fully saturated rings. The molecule has 0 saturated heterocycles. The van der Waals surface area contributed by atoms with Gasteiger partial charge < -0.3 is 19.3 Å². The molecule has 0 unspecified atom stereocenters. The Kier molecular flexibility index (Phi) is 19.8. The molecule has 0 bridgehead atoms. The van der Waals surface area contributed by atoms with E-state index in [9.17, 15) is 10.2 Å². The molecule has 0 spiro atoms. The van der Waals surface area contributed by atoms with Gasteiger partial charge in [0.25, 0.3) is 11.8 Å². The van der Waals surface area contributed by atoms with Crippen molar-refractivity contribution in [3.05, 3.63) is 238 Å². The van der Waals surface area contributed by atoms with Gasteiger partial charge in [-0.1, -0.05) is 183 Å². The van der Waals surface area contributed by atoms with Gasteiger partial charge in [0.05, 0.1) is 42.3 Å². The number of aromatic nitrogens is 4. The van der Waals surface area contributed by atoms with Gasteiger partial charge in [0.1, 0.15) is 11.5 Å². The molecule has 0 radical (unpaired) electrons. The van der Waals surface area contributed by atoms with Gasteiger partial charge in [-0.25, -0.2) is 0 Å². The van der Waals surface area contributed by atoms with Gasteiger partial charge in [0, 0.05) is 37.0 Å². The zero-order valence-electron chi connectivity index (χ0n) is 42.2. The topological polar surface area (TPSA) is 118 Å². The van der Waals surface area contributed by atoms with Crippen molar-refractivity contribution >= 4 is 46.4 Å². The maximum Gasteiger partial charge on any atom is 0.262 e. The minimum atomic E-state index is -0.152. The fourth-order valence-corrected chi connectivity index (χ4v) is 8.52. The van der Waals surface area contributed by atoms with Crippen molar-refractivity contribution in [2.45, 2.75) is 52.4 Å². The number of nitrogens with zero attached hydrogens (tertiary/aromatic N) is 4. The third-order valence-electron chi connectivity index (χ3n) is 11.5. The molecular weight excluding hydrogens is 1190 g/mol. The van der Waals surface area contributed by atoms with Crippen molar-refractivity contribution in [1.29, 1.82) is 0 Å². The SMILES string of the molecule is CC(C)(C)c1cc(-c2ccccc2)c(O)c(-c2nc(-c3c(Cl)cccc3Cl)no2)c1.CC(C)(C)c1cc(-c2ccccc2)c(O)c(-c2nc(-c3c(Cl)cccc3Cl)no2)c1.[CH2-]c1ccccc1.[CH2-]c1ccccc1.[Hf]. The first kappa shape index (κ1) is 57.7. The standard InChI is InChI=1S/2C24H20Cl2N2O2.2C7H7.Hf/c2*1-24(2,3)15-12-16(14-8-5-4-6-9-14)21(29)17(13-15)23-27-22(28-30-23)20-18(25)10-7-11-19(20)26;2*1-7-5-3-2-4-6-7;/h2*4-13,29H,1-3H3;2*2-6H,1H2;/q;;2*-1;. The Morgan fingerprint density at radius 2 is 0.680 bits per heavy atom. The number of halogens is 4. The average molecular weight is 1240 g/mol. The first-order chi connectivity index (χ1) is 35.3. The molecule has 2 heterocycles. The van der Waals surface area contributed by atoms with Crippen LogP contribution in [-0.4, -0.2) is 30.5 Å². The predicted molar refractivity (Wildman–Crippen MR) is 304 cm³/mol. The zero-order chi connectivity index (χ0) is 53.2. The van der Waals surface area contributed by atoms with Gasteiger partial charge in [0.15, 0.2) is 0 Å². The first-order valence-electron chi connectivity index (χ1n) is 23.5. The van der Waals surface area contributed by atoms with Crippen LogP contribution in [-0.2, 0) is 36.7 Å². The molecule has 13 heteroatoms. The second-order valence-electron chi connectivity index (χ2n) is 19.1. The van der Waals surface area contributed by atoms with Crippen LogP contribution in [0.4, 0.5) is 0 Å². The van der Waals surface area contributed by atoms with E-state index in [1.807, 2.05) is 146 Å². The Hall–Kier alpha value is -6.59. The van der Waals surface area contributed by atoms with Crippen LogP contribution in [0.1, 0.15) is 63.8 Å². The van der Waals surface area contributed by atoms with Crippen molar-refractivity contribution < 1.29 is 45.1 Å². The first-order valence-corrected chi connectivity index (χ1v) is 25.0. The third-order valence-corrected chi connectivity index (χ3v) is 12.8. The number of aromatic hydroxyl groups is 2. The van der Waals surface area contributed by atoms with E-state index in [4.69, 9.17) is 55.4 Å². The second kappa shape index (κ2) is 25.8. The van der Waals surface area contributed by atoms with E-state index >= 15 is 0 Å². The number of hydrogen-bond acceptors (Lipinski definition) is 8. The van der Waals surface area contributed by atoms with Gasteiger partial charge in [0.2, 0.25) is 11.6 Å². The van der Waals surface area contributed by atoms with Crippen molar-refractivity contribution in [2.24, 2.45) is 0 Å². The molecule has 2 N–H and O–H groups in total. The molecule has 75 heavy (non-hydrogen) atoms. The van der Waals surface area contributed by atoms with E-state index in [1.54, 1.807) is 36.4 Å². The Labute approximate surface area is 478 Å². The minimum Gasteiger partial charge on any atom is -0.506 e. The number of phenols is 2. The molecule has 8 aromatic carbocycles. The van der Waals surface area contributed by atoms with E-state index in [-0.39, 0.29) is 71.6 Å². The third kappa shape index (κ3) is 14.8. The molecule has 0 aliphatic heterocycles. The van der Waals surface area contributed by atoms with Crippen molar-refractivity contribution in [3.63, 3.8) is 0 Å².